The Morgan fingerprint density at radius 2 is 2.20 bits per heavy atom. The molecule has 0 aromatic rings. The number of esters is 1. The van der Waals surface area contributed by atoms with Gasteiger partial charge in [0.15, 0.2) is 5.44 Å². The quantitative estimate of drug-likeness (QED) is 0.714. The number of carbonyl (C=O) groups is 1. The molecule has 0 amide bonds. The average molecular weight is 248 g/mol. The molecule has 4 heteroatoms. The molecule has 2 unspecified atom stereocenters. The molecule has 1 rings (SSSR count). The van der Waals surface area contributed by atoms with Gasteiger partial charge in [0.25, 0.3) is 0 Å². The number of carbonyl (C=O) groups excluding carboxylic acids is 1. The Labute approximate surface area is 101 Å². The molecule has 0 aliphatic carbocycles. The maximum absolute atomic E-state index is 11.8. The first kappa shape index (κ1) is 13.2. The van der Waals surface area contributed by atoms with Gasteiger partial charge in [0.05, 0.1) is 5.92 Å². The summed E-state index contributed by atoms with van der Waals surface area (Å²) in [5.41, 5.74) is 0.0871. The zero-order chi connectivity index (χ0) is 11.3. The highest BCUT2D eigenvalue weighted by Gasteiger charge is 2.26. The van der Waals surface area contributed by atoms with Gasteiger partial charge in [-0.05, 0) is 12.3 Å². The molecule has 0 aromatic heterocycles. The molecular weight excluding hydrogens is 228 g/mol. The van der Waals surface area contributed by atoms with Crippen LogP contribution in [0.3, 0.4) is 0 Å². The van der Waals surface area contributed by atoms with Gasteiger partial charge in [0.1, 0.15) is 0 Å². The van der Waals surface area contributed by atoms with Crippen molar-refractivity contribution >= 4 is 29.5 Å². The summed E-state index contributed by atoms with van der Waals surface area (Å²) in [4.78, 5) is 11.8. The van der Waals surface area contributed by atoms with E-state index in [1.807, 2.05) is 11.8 Å². The molecule has 1 saturated heterocycles. The van der Waals surface area contributed by atoms with Crippen molar-refractivity contribution in [1.29, 1.82) is 0 Å². The van der Waals surface area contributed by atoms with Crippen LogP contribution in [0, 0.1) is 11.8 Å². The first-order valence-electron chi connectivity index (χ1n) is 5.55. The third-order valence-corrected chi connectivity index (χ3v) is 5.16. The molecule has 0 saturated carbocycles. The van der Waals surface area contributed by atoms with E-state index in [4.69, 9.17) is 4.74 Å². The average Bonchev–Trinajstić information content (AvgIpc) is 2.19. The van der Waals surface area contributed by atoms with Crippen molar-refractivity contribution in [3.8, 4) is 0 Å². The van der Waals surface area contributed by atoms with Crippen LogP contribution >= 0.6 is 23.5 Å². The molecule has 0 bridgehead atoms. The Kier molecular flexibility index (Phi) is 5.90. The number of rotatable bonds is 4. The molecule has 1 fully saturated rings. The fourth-order valence-electron chi connectivity index (χ4n) is 1.66. The summed E-state index contributed by atoms with van der Waals surface area (Å²) in [6.45, 7) is 6.21. The maximum atomic E-state index is 11.8. The van der Waals surface area contributed by atoms with E-state index >= 15 is 0 Å². The zero-order valence-electron chi connectivity index (χ0n) is 9.69. The molecular formula is C11H20O2S2. The lowest BCUT2D eigenvalue weighted by molar-refractivity contribution is -0.151. The lowest BCUT2D eigenvalue weighted by Crippen LogP contribution is -2.28. The predicted octanol–water partition coefficient (Wildman–Crippen LogP) is 3.02. The van der Waals surface area contributed by atoms with E-state index in [2.05, 4.69) is 20.8 Å². The molecule has 0 radical (unpaired) electrons. The monoisotopic (exact) mass is 248 g/mol. The number of ether oxygens (including phenoxy) is 1. The van der Waals surface area contributed by atoms with Crippen LogP contribution in [0.1, 0.15) is 27.2 Å². The van der Waals surface area contributed by atoms with Gasteiger partial charge in [-0.1, -0.05) is 20.8 Å². The molecule has 1 aliphatic heterocycles. The van der Waals surface area contributed by atoms with Crippen LogP contribution < -0.4 is 0 Å². The summed E-state index contributed by atoms with van der Waals surface area (Å²) >= 11 is 3.64. The third-order valence-electron chi connectivity index (χ3n) is 2.58. The van der Waals surface area contributed by atoms with Crippen molar-refractivity contribution in [2.24, 2.45) is 11.8 Å². The second kappa shape index (κ2) is 6.69. The van der Waals surface area contributed by atoms with Gasteiger partial charge in [-0.2, -0.15) is 11.8 Å². The van der Waals surface area contributed by atoms with Crippen LogP contribution in [-0.4, -0.2) is 28.7 Å². The maximum Gasteiger partial charge on any atom is 0.310 e. The van der Waals surface area contributed by atoms with Crippen LogP contribution in [0.5, 0.6) is 0 Å². The second-order valence-electron chi connectivity index (χ2n) is 4.07. The summed E-state index contributed by atoms with van der Waals surface area (Å²) in [5, 5.41) is 0. The largest absolute Gasteiger partial charge is 0.450 e. The predicted molar refractivity (Wildman–Crippen MR) is 68.3 cm³/mol. The van der Waals surface area contributed by atoms with Crippen LogP contribution in [-0.2, 0) is 9.53 Å². The molecule has 15 heavy (non-hydrogen) atoms. The van der Waals surface area contributed by atoms with E-state index < -0.39 is 0 Å². The summed E-state index contributed by atoms with van der Waals surface area (Å²) < 4.78 is 5.51. The lowest BCUT2D eigenvalue weighted by Gasteiger charge is -2.24. The van der Waals surface area contributed by atoms with Gasteiger partial charge >= 0.3 is 5.97 Å². The molecule has 0 aromatic carbocycles. The Morgan fingerprint density at radius 1 is 1.47 bits per heavy atom. The molecule has 1 aliphatic rings. The van der Waals surface area contributed by atoms with Gasteiger partial charge < -0.3 is 4.74 Å². The Balaban J connectivity index is 2.38. The third kappa shape index (κ3) is 4.27. The summed E-state index contributed by atoms with van der Waals surface area (Å²) in [7, 11) is 0. The van der Waals surface area contributed by atoms with Crippen LogP contribution in [0.25, 0.3) is 0 Å². The van der Waals surface area contributed by atoms with E-state index in [1.54, 1.807) is 11.8 Å². The SMILES string of the molecule is CCC(C(=O)OC1CSCCS1)C(C)C. The highest BCUT2D eigenvalue weighted by Crippen LogP contribution is 2.27. The van der Waals surface area contributed by atoms with E-state index in [9.17, 15) is 4.79 Å². The highest BCUT2D eigenvalue weighted by atomic mass is 32.2. The van der Waals surface area contributed by atoms with Crippen LogP contribution in [0.2, 0.25) is 0 Å². The minimum atomic E-state index is -0.00694. The standard InChI is InChI=1S/C11H20O2S2/c1-4-9(8(2)3)11(12)13-10-7-14-5-6-15-10/h8-10H,4-7H2,1-3H3. The van der Waals surface area contributed by atoms with Gasteiger partial charge in [-0.15, -0.1) is 11.8 Å². The van der Waals surface area contributed by atoms with Gasteiger partial charge in [0.2, 0.25) is 0 Å². The van der Waals surface area contributed by atoms with E-state index in [-0.39, 0.29) is 17.3 Å². The normalized spacial score (nSPS) is 23.9. The number of hydrogen-bond acceptors (Lipinski definition) is 4. The van der Waals surface area contributed by atoms with Crippen molar-refractivity contribution < 1.29 is 9.53 Å². The smallest absolute Gasteiger partial charge is 0.310 e. The Hall–Kier alpha value is 0.170. The molecule has 2 atom stereocenters. The first-order chi connectivity index (χ1) is 7.15. The fourth-order valence-corrected chi connectivity index (χ4v) is 4.04. The number of hydrogen-bond donors (Lipinski definition) is 0. The van der Waals surface area contributed by atoms with E-state index in [0.717, 1.165) is 17.9 Å². The summed E-state index contributed by atoms with van der Waals surface area (Å²) in [6, 6.07) is 0. The minimum absolute atomic E-state index is 0.00694. The summed E-state index contributed by atoms with van der Waals surface area (Å²) in [6.07, 6.45) is 0.876. The van der Waals surface area contributed by atoms with Crippen molar-refractivity contribution in [3.63, 3.8) is 0 Å². The van der Waals surface area contributed by atoms with Crippen LogP contribution in [0.4, 0.5) is 0 Å². The van der Waals surface area contributed by atoms with Crippen LogP contribution in [0.15, 0.2) is 0 Å². The van der Waals surface area contributed by atoms with Gasteiger partial charge in [-0.3, -0.25) is 4.79 Å². The molecule has 1 heterocycles. The second-order valence-corrected chi connectivity index (χ2v) is 6.49. The molecule has 0 spiro atoms. The van der Waals surface area contributed by atoms with Crippen molar-refractivity contribution in [1.82, 2.24) is 0 Å². The van der Waals surface area contributed by atoms with Gasteiger partial charge in [-0.25, -0.2) is 0 Å². The van der Waals surface area contributed by atoms with E-state index in [0.29, 0.717) is 5.92 Å². The zero-order valence-corrected chi connectivity index (χ0v) is 11.3. The molecule has 0 N–H and O–H groups in total. The first-order valence-corrected chi connectivity index (χ1v) is 7.75. The molecule has 2 nitrogen and oxygen atoms in total. The van der Waals surface area contributed by atoms with Crippen molar-refractivity contribution in [2.45, 2.75) is 32.6 Å². The summed E-state index contributed by atoms with van der Waals surface area (Å²) in [5.74, 6) is 3.67. The fraction of sp³-hybridized carbons (Fsp3) is 0.909. The minimum Gasteiger partial charge on any atom is -0.450 e. The Morgan fingerprint density at radius 3 is 2.67 bits per heavy atom. The lowest BCUT2D eigenvalue weighted by atomic mass is 9.94. The topological polar surface area (TPSA) is 26.3 Å². The van der Waals surface area contributed by atoms with Crippen molar-refractivity contribution in [2.75, 3.05) is 17.3 Å². The van der Waals surface area contributed by atoms with E-state index in [1.165, 1.54) is 5.75 Å². The highest BCUT2D eigenvalue weighted by molar-refractivity contribution is 8.06. The number of thioether (sulfide) groups is 2. The molecule has 88 valence electrons. The van der Waals surface area contributed by atoms with Gasteiger partial charge in [0, 0.05) is 17.3 Å². The van der Waals surface area contributed by atoms with Crippen molar-refractivity contribution in [3.05, 3.63) is 0 Å². The Bertz CT molecular complexity index is 201.